The minimum absolute atomic E-state index is 0. The largest absolute Gasteiger partial charge is 2.00 e. The van der Waals surface area contributed by atoms with E-state index >= 15 is 0 Å². The third-order valence-corrected chi connectivity index (χ3v) is 8.00. The van der Waals surface area contributed by atoms with Gasteiger partial charge in [-0.25, -0.2) is 0 Å². The van der Waals surface area contributed by atoms with Crippen LogP contribution in [0.5, 0.6) is 0 Å². The van der Waals surface area contributed by atoms with Gasteiger partial charge in [-0.15, -0.1) is 0 Å². The number of rotatable bonds is 0. The van der Waals surface area contributed by atoms with Crippen LogP contribution < -0.4 is 0 Å². The molecule has 6 aliphatic carbocycles. The predicted molar refractivity (Wildman–Crippen MR) is 86.9 cm³/mol. The molecule has 0 nitrogen and oxygen atoms in total. The van der Waals surface area contributed by atoms with Crippen LogP contribution in [0.1, 0.15) is 66.2 Å². The van der Waals surface area contributed by atoms with Gasteiger partial charge in [-0.05, 0) is 35.5 Å². The Morgan fingerprint density at radius 2 is 1.00 bits per heavy atom. The molecule has 0 amide bonds. The van der Waals surface area contributed by atoms with Crippen molar-refractivity contribution in [3.8, 4) is 0 Å². The zero-order chi connectivity index (χ0) is 14.7. The summed E-state index contributed by atoms with van der Waals surface area (Å²) in [5.41, 5.74) is 1.29. The van der Waals surface area contributed by atoms with Crippen molar-refractivity contribution in [2.45, 2.75) is 66.2 Å². The van der Waals surface area contributed by atoms with E-state index in [0.29, 0.717) is 10.8 Å². The Morgan fingerprint density at radius 1 is 0.667 bits per heavy atom. The molecule has 0 radical (unpaired) electrons. The quantitative estimate of drug-likeness (QED) is 0.387. The second-order valence-electron chi connectivity index (χ2n) is 9.40. The zero-order valence-corrected chi connectivity index (χ0v) is 17.8. The maximum atomic E-state index is 4.21. The molecular formula is C20H34Zn. The first-order valence-corrected chi connectivity index (χ1v) is 8.90. The van der Waals surface area contributed by atoms with Crippen LogP contribution in [-0.4, -0.2) is 0 Å². The third kappa shape index (κ3) is 2.79. The van der Waals surface area contributed by atoms with Crippen molar-refractivity contribution in [1.82, 2.24) is 0 Å². The van der Waals surface area contributed by atoms with Crippen molar-refractivity contribution in [1.29, 1.82) is 0 Å². The summed E-state index contributed by atoms with van der Waals surface area (Å²) in [5.74, 6) is 5.50. The van der Waals surface area contributed by atoms with E-state index in [1.807, 2.05) is 0 Å². The molecule has 6 atom stereocenters. The molecule has 0 N–H and O–H groups in total. The molecule has 0 saturated heterocycles. The summed E-state index contributed by atoms with van der Waals surface area (Å²) in [7, 11) is 0. The monoisotopic (exact) mass is 338 g/mol. The van der Waals surface area contributed by atoms with Gasteiger partial charge in [0.05, 0.1) is 0 Å². The Labute approximate surface area is 146 Å². The van der Waals surface area contributed by atoms with Crippen molar-refractivity contribution < 1.29 is 19.5 Å². The Kier molecular flexibility index (Phi) is 5.07. The van der Waals surface area contributed by atoms with Gasteiger partial charge in [-0.1, -0.05) is 65.2 Å². The summed E-state index contributed by atoms with van der Waals surface area (Å²) in [6, 6.07) is 0. The first kappa shape index (κ1) is 18.0. The normalized spacial score (nSPS) is 47.7. The fourth-order valence-electron chi connectivity index (χ4n) is 5.93. The fourth-order valence-corrected chi connectivity index (χ4v) is 5.93. The second-order valence-corrected chi connectivity index (χ2v) is 9.40. The Bertz CT molecular complexity index is 330. The van der Waals surface area contributed by atoms with E-state index in [1.165, 1.54) is 38.5 Å². The maximum Gasteiger partial charge on any atom is 2.00 e. The number of fused-ring (bicyclic) bond motifs is 4. The molecule has 0 unspecified atom stereocenters. The van der Waals surface area contributed by atoms with E-state index in [9.17, 15) is 0 Å². The molecule has 0 heterocycles. The number of hydrogen-bond donors (Lipinski definition) is 0. The molecule has 6 saturated carbocycles. The smallest absolute Gasteiger partial charge is 0.340 e. The van der Waals surface area contributed by atoms with Gasteiger partial charge in [-0.2, -0.15) is 11.8 Å². The van der Waals surface area contributed by atoms with Gasteiger partial charge in [0.2, 0.25) is 0 Å². The van der Waals surface area contributed by atoms with E-state index in [1.54, 1.807) is 0 Å². The molecule has 6 aliphatic rings. The summed E-state index contributed by atoms with van der Waals surface area (Å²) in [6.45, 7) is 18.1. The molecule has 0 spiro atoms. The van der Waals surface area contributed by atoms with Crippen molar-refractivity contribution in [3.63, 3.8) is 0 Å². The molecular weight excluding hydrogens is 306 g/mol. The molecule has 0 aromatic heterocycles. The van der Waals surface area contributed by atoms with Gasteiger partial charge in [0, 0.05) is 0 Å². The molecule has 21 heavy (non-hydrogen) atoms. The summed E-state index contributed by atoms with van der Waals surface area (Å²) in [4.78, 5) is 0. The molecule has 4 bridgehead atoms. The van der Waals surface area contributed by atoms with Crippen molar-refractivity contribution in [2.75, 3.05) is 0 Å². The predicted octanol–water partition coefficient (Wildman–Crippen LogP) is 5.78. The Morgan fingerprint density at radius 3 is 1.14 bits per heavy atom. The minimum Gasteiger partial charge on any atom is -0.340 e. The third-order valence-electron chi connectivity index (χ3n) is 8.00. The summed E-state index contributed by atoms with van der Waals surface area (Å²) in [5, 5.41) is 0. The minimum atomic E-state index is 0. The van der Waals surface area contributed by atoms with Crippen LogP contribution in [0.25, 0.3) is 0 Å². The summed E-state index contributed by atoms with van der Waals surface area (Å²) < 4.78 is 0. The first-order valence-electron chi connectivity index (χ1n) is 8.90. The molecule has 116 valence electrons. The van der Waals surface area contributed by atoms with Crippen LogP contribution in [0.2, 0.25) is 0 Å². The average molecular weight is 340 g/mol. The van der Waals surface area contributed by atoms with Gasteiger partial charge < -0.3 is 13.8 Å². The van der Waals surface area contributed by atoms with Crippen LogP contribution in [0.15, 0.2) is 0 Å². The Hall–Kier alpha value is 0.623. The fraction of sp³-hybridized carbons (Fsp3) is 0.900. The van der Waals surface area contributed by atoms with Crippen molar-refractivity contribution in [3.05, 3.63) is 13.8 Å². The zero-order valence-electron chi connectivity index (χ0n) is 14.8. The molecule has 0 aliphatic heterocycles. The second kappa shape index (κ2) is 5.92. The van der Waals surface area contributed by atoms with Crippen LogP contribution in [-0.2, 0) is 19.5 Å². The molecule has 0 aromatic carbocycles. The van der Waals surface area contributed by atoms with Gasteiger partial charge in [0.25, 0.3) is 0 Å². The van der Waals surface area contributed by atoms with Gasteiger partial charge in [0.15, 0.2) is 0 Å². The van der Waals surface area contributed by atoms with Gasteiger partial charge in [-0.3, -0.25) is 0 Å². The van der Waals surface area contributed by atoms with Crippen LogP contribution in [0.3, 0.4) is 0 Å². The Balaban J connectivity index is 0.000000147. The van der Waals surface area contributed by atoms with E-state index < -0.39 is 0 Å². The van der Waals surface area contributed by atoms with E-state index in [-0.39, 0.29) is 19.5 Å². The first-order chi connectivity index (χ1) is 9.24. The van der Waals surface area contributed by atoms with Crippen molar-refractivity contribution in [2.24, 2.45) is 46.3 Å². The van der Waals surface area contributed by atoms with Crippen LogP contribution in [0, 0.1) is 60.2 Å². The number of hydrogen-bond acceptors (Lipinski definition) is 0. The maximum absolute atomic E-state index is 4.21. The van der Waals surface area contributed by atoms with E-state index in [0.717, 1.165) is 35.5 Å². The van der Waals surface area contributed by atoms with E-state index in [4.69, 9.17) is 0 Å². The van der Waals surface area contributed by atoms with Crippen LogP contribution in [0.4, 0.5) is 0 Å². The van der Waals surface area contributed by atoms with E-state index in [2.05, 4.69) is 41.5 Å². The SMILES string of the molecule is [CH2-][C@@H]1CC[C@@H]2C[C@H]1C2(C)C.[CH2-][C@@H]1CC[C@@H]2C[C@H]1C2(C)C.[Zn+2]. The summed E-state index contributed by atoms with van der Waals surface area (Å²) in [6.07, 6.45) is 8.61. The molecule has 1 heteroatoms. The standard InChI is InChI=1S/2C10H17.Zn/c2*1-7-4-5-8-6-9(7)10(8,2)3;/h2*7-9H,1,4-6H2,2-3H3;/q2*-1;+2/t2*7-,8-,9-;/m11./s1. The molecule has 6 rings (SSSR count). The molecule has 6 fully saturated rings. The molecule has 0 aromatic rings. The summed E-state index contributed by atoms with van der Waals surface area (Å²) >= 11 is 0. The topological polar surface area (TPSA) is 0 Å². The van der Waals surface area contributed by atoms with Crippen molar-refractivity contribution >= 4 is 0 Å². The van der Waals surface area contributed by atoms with Gasteiger partial charge in [0.1, 0.15) is 0 Å². The average Bonchev–Trinajstić information content (AvgIpc) is 2.38. The van der Waals surface area contributed by atoms with Gasteiger partial charge >= 0.3 is 19.5 Å². The van der Waals surface area contributed by atoms with Crippen LogP contribution >= 0.6 is 0 Å².